The van der Waals surface area contributed by atoms with Crippen molar-refractivity contribution < 1.29 is 9.53 Å². The Hall–Kier alpha value is -1.55. The highest BCUT2D eigenvalue weighted by Gasteiger charge is 2.37. The fourth-order valence-corrected chi connectivity index (χ4v) is 2.90. The highest BCUT2D eigenvalue weighted by molar-refractivity contribution is 5.93. The molecule has 21 heavy (non-hydrogen) atoms. The molecule has 1 aliphatic rings. The predicted molar refractivity (Wildman–Crippen MR) is 85.4 cm³/mol. The van der Waals surface area contributed by atoms with E-state index in [2.05, 4.69) is 12.2 Å². The van der Waals surface area contributed by atoms with E-state index in [9.17, 15) is 4.79 Å². The van der Waals surface area contributed by atoms with Crippen LogP contribution in [0.4, 0.5) is 5.69 Å². The van der Waals surface area contributed by atoms with Crippen LogP contribution >= 0.6 is 0 Å². The van der Waals surface area contributed by atoms with E-state index in [0.717, 1.165) is 43.5 Å². The molecule has 0 saturated heterocycles. The topological polar surface area (TPSA) is 64.3 Å². The number of carbonyl (C=O) groups excluding carboxylic acids is 1. The molecule has 2 unspecified atom stereocenters. The van der Waals surface area contributed by atoms with Crippen LogP contribution in [0.1, 0.15) is 46.0 Å². The second kappa shape index (κ2) is 6.94. The van der Waals surface area contributed by atoms with Gasteiger partial charge in [0.05, 0.1) is 12.5 Å². The number of benzene rings is 1. The maximum Gasteiger partial charge on any atom is 0.229 e. The number of anilines is 1. The van der Waals surface area contributed by atoms with Crippen LogP contribution < -0.4 is 15.8 Å². The first-order chi connectivity index (χ1) is 10.0. The minimum atomic E-state index is -0.404. The van der Waals surface area contributed by atoms with E-state index >= 15 is 0 Å². The minimum absolute atomic E-state index is 0.0207. The van der Waals surface area contributed by atoms with Crippen LogP contribution in [0.25, 0.3) is 0 Å². The van der Waals surface area contributed by atoms with Gasteiger partial charge in [-0.25, -0.2) is 0 Å². The lowest BCUT2D eigenvalue weighted by atomic mass is 9.74. The summed E-state index contributed by atoms with van der Waals surface area (Å²) in [6, 6.07) is 7.54. The lowest BCUT2D eigenvalue weighted by Gasteiger charge is -2.37. The number of nitrogens with one attached hydrogen (secondary N) is 1. The Labute approximate surface area is 127 Å². The van der Waals surface area contributed by atoms with Gasteiger partial charge in [0.2, 0.25) is 5.91 Å². The largest absolute Gasteiger partial charge is 0.494 e. The summed E-state index contributed by atoms with van der Waals surface area (Å²) in [5.41, 5.74) is 6.66. The van der Waals surface area contributed by atoms with E-state index in [4.69, 9.17) is 10.5 Å². The van der Waals surface area contributed by atoms with Crippen molar-refractivity contribution in [2.75, 3.05) is 11.9 Å². The summed E-state index contributed by atoms with van der Waals surface area (Å²) in [7, 11) is 0. The Balaban J connectivity index is 2.02. The van der Waals surface area contributed by atoms with E-state index in [0.29, 0.717) is 6.61 Å². The second-order valence-electron chi connectivity index (χ2n) is 6.17. The highest BCUT2D eigenvalue weighted by atomic mass is 16.5. The van der Waals surface area contributed by atoms with Crippen molar-refractivity contribution >= 4 is 11.6 Å². The molecule has 0 aliphatic heterocycles. The Morgan fingerprint density at radius 2 is 2.29 bits per heavy atom. The van der Waals surface area contributed by atoms with E-state index in [-0.39, 0.29) is 11.8 Å². The van der Waals surface area contributed by atoms with Gasteiger partial charge >= 0.3 is 0 Å². The number of ether oxygens (including phenoxy) is 1. The molecule has 4 nitrogen and oxygen atoms in total. The normalized spacial score (nSPS) is 25.4. The zero-order chi connectivity index (χ0) is 15.3. The lowest BCUT2D eigenvalue weighted by Crippen LogP contribution is -2.51. The van der Waals surface area contributed by atoms with Gasteiger partial charge in [-0.3, -0.25) is 4.79 Å². The molecule has 0 aromatic heterocycles. The van der Waals surface area contributed by atoms with Gasteiger partial charge < -0.3 is 15.8 Å². The Morgan fingerprint density at radius 3 is 3.00 bits per heavy atom. The molecule has 0 radical (unpaired) electrons. The summed E-state index contributed by atoms with van der Waals surface area (Å²) in [5.74, 6) is 0.688. The molecule has 1 aliphatic carbocycles. The molecule has 2 atom stereocenters. The third-order valence-corrected chi connectivity index (χ3v) is 4.15. The van der Waals surface area contributed by atoms with Crippen molar-refractivity contribution in [1.82, 2.24) is 0 Å². The lowest BCUT2D eigenvalue weighted by molar-refractivity contribution is -0.122. The Kier molecular flexibility index (Phi) is 5.23. The molecule has 1 aromatic carbocycles. The number of hydrogen-bond acceptors (Lipinski definition) is 3. The fraction of sp³-hybridized carbons (Fsp3) is 0.588. The van der Waals surface area contributed by atoms with Gasteiger partial charge in [0.1, 0.15) is 5.75 Å². The maximum atomic E-state index is 12.5. The van der Waals surface area contributed by atoms with Crippen LogP contribution in [0.15, 0.2) is 24.3 Å². The monoisotopic (exact) mass is 290 g/mol. The molecule has 3 N–H and O–H groups in total. The van der Waals surface area contributed by atoms with E-state index in [1.54, 1.807) is 0 Å². The number of hydrogen-bond donors (Lipinski definition) is 2. The number of carbonyl (C=O) groups is 1. The van der Waals surface area contributed by atoms with Gasteiger partial charge in [-0.1, -0.05) is 25.8 Å². The summed E-state index contributed by atoms with van der Waals surface area (Å²) in [6.07, 6.45) is 4.92. The fourth-order valence-electron chi connectivity index (χ4n) is 2.90. The molecule has 116 valence electrons. The molecule has 2 rings (SSSR count). The molecule has 4 heteroatoms. The Morgan fingerprint density at radius 1 is 1.48 bits per heavy atom. The second-order valence-corrected chi connectivity index (χ2v) is 6.17. The molecule has 0 spiro atoms. The van der Waals surface area contributed by atoms with Gasteiger partial charge in [0.15, 0.2) is 0 Å². The summed E-state index contributed by atoms with van der Waals surface area (Å²) >= 11 is 0. The van der Waals surface area contributed by atoms with Crippen LogP contribution in [0.5, 0.6) is 5.75 Å². The summed E-state index contributed by atoms with van der Waals surface area (Å²) in [5, 5.41) is 2.99. The Bertz CT molecular complexity index is 485. The van der Waals surface area contributed by atoms with Crippen molar-refractivity contribution in [3.8, 4) is 5.75 Å². The SMILES string of the molecule is CCCOc1cccc(NC(=O)C2CCCCC2(C)N)c1. The average molecular weight is 290 g/mol. The first kappa shape index (κ1) is 15.8. The van der Waals surface area contributed by atoms with Gasteiger partial charge in [-0.15, -0.1) is 0 Å². The van der Waals surface area contributed by atoms with Crippen molar-refractivity contribution in [3.63, 3.8) is 0 Å². The quantitative estimate of drug-likeness (QED) is 0.874. The average Bonchev–Trinajstić information content (AvgIpc) is 2.45. The van der Waals surface area contributed by atoms with E-state index in [1.165, 1.54) is 0 Å². The summed E-state index contributed by atoms with van der Waals surface area (Å²) in [4.78, 5) is 12.5. The van der Waals surface area contributed by atoms with Crippen molar-refractivity contribution in [3.05, 3.63) is 24.3 Å². The molecular formula is C17H26N2O2. The van der Waals surface area contributed by atoms with Gasteiger partial charge in [-0.2, -0.15) is 0 Å². The zero-order valence-corrected chi connectivity index (χ0v) is 13.0. The summed E-state index contributed by atoms with van der Waals surface area (Å²) in [6.45, 7) is 4.73. The highest BCUT2D eigenvalue weighted by Crippen LogP contribution is 2.32. The first-order valence-corrected chi connectivity index (χ1v) is 7.85. The molecule has 1 fully saturated rings. The third-order valence-electron chi connectivity index (χ3n) is 4.15. The molecule has 0 heterocycles. The molecule has 1 amide bonds. The minimum Gasteiger partial charge on any atom is -0.494 e. The van der Waals surface area contributed by atoms with Gasteiger partial charge in [0.25, 0.3) is 0 Å². The molecule has 0 bridgehead atoms. The van der Waals surface area contributed by atoms with Crippen molar-refractivity contribution in [2.24, 2.45) is 11.7 Å². The van der Waals surface area contributed by atoms with Gasteiger partial charge in [0, 0.05) is 17.3 Å². The molecular weight excluding hydrogens is 264 g/mol. The zero-order valence-electron chi connectivity index (χ0n) is 13.0. The maximum absolute atomic E-state index is 12.5. The van der Waals surface area contributed by atoms with Crippen LogP contribution in [0.2, 0.25) is 0 Å². The number of rotatable bonds is 5. The number of amides is 1. The van der Waals surface area contributed by atoms with Crippen LogP contribution in [0, 0.1) is 5.92 Å². The third kappa shape index (κ3) is 4.21. The smallest absolute Gasteiger partial charge is 0.229 e. The van der Waals surface area contributed by atoms with E-state index < -0.39 is 5.54 Å². The van der Waals surface area contributed by atoms with Crippen LogP contribution in [0.3, 0.4) is 0 Å². The van der Waals surface area contributed by atoms with Gasteiger partial charge in [-0.05, 0) is 38.3 Å². The van der Waals surface area contributed by atoms with Crippen molar-refractivity contribution in [2.45, 2.75) is 51.5 Å². The molecule has 1 aromatic rings. The predicted octanol–water partition coefficient (Wildman–Crippen LogP) is 3.32. The summed E-state index contributed by atoms with van der Waals surface area (Å²) < 4.78 is 5.59. The van der Waals surface area contributed by atoms with Crippen LogP contribution in [-0.4, -0.2) is 18.1 Å². The van der Waals surface area contributed by atoms with Crippen LogP contribution in [-0.2, 0) is 4.79 Å². The molecule has 1 saturated carbocycles. The van der Waals surface area contributed by atoms with Crippen molar-refractivity contribution in [1.29, 1.82) is 0 Å². The standard InChI is InChI=1S/C17H26N2O2/c1-3-11-21-14-8-6-7-13(12-14)19-16(20)15-9-4-5-10-17(15,2)18/h6-8,12,15H,3-5,9-11,18H2,1-2H3,(H,19,20). The van der Waals surface area contributed by atoms with E-state index in [1.807, 2.05) is 31.2 Å². The first-order valence-electron chi connectivity index (χ1n) is 7.85. The number of nitrogens with two attached hydrogens (primary N) is 1.